The zero-order valence-electron chi connectivity index (χ0n) is 12.6. The van der Waals surface area contributed by atoms with Crippen LogP contribution in [0.25, 0.3) is 0 Å². The molecule has 0 saturated carbocycles. The highest BCUT2D eigenvalue weighted by molar-refractivity contribution is 6.30. The van der Waals surface area contributed by atoms with Crippen LogP contribution >= 0.6 is 11.6 Å². The topological polar surface area (TPSA) is 39.7 Å². The zero-order chi connectivity index (χ0) is 15.0. The Morgan fingerprint density at radius 3 is 2.45 bits per heavy atom. The van der Waals surface area contributed by atoms with Gasteiger partial charge in [-0.15, -0.1) is 0 Å². The maximum Gasteiger partial charge on any atom is 0.172 e. The molecule has 1 aromatic carbocycles. The van der Waals surface area contributed by atoms with E-state index in [9.17, 15) is 0 Å². The summed E-state index contributed by atoms with van der Waals surface area (Å²) in [6.07, 6.45) is 1.45. The number of ether oxygens (including phenoxy) is 3. The van der Waals surface area contributed by atoms with E-state index in [0.717, 1.165) is 30.7 Å². The molecule has 5 heteroatoms. The lowest BCUT2D eigenvalue weighted by Crippen LogP contribution is -2.44. The summed E-state index contributed by atoms with van der Waals surface area (Å²) < 4.78 is 16.1. The van der Waals surface area contributed by atoms with Crippen molar-refractivity contribution >= 4 is 11.6 Å². The maximum absolute atomic E-state index is 6.07. The third-order valence-electron chi connectivity index (χ3n) is 3.13. The standard InChI is InChI=1S/C15H24ClNO3/c1-5-8-17-13(15(19-3)20-4)10-11-9-12(16)6-7-14(11)18-2/h6-7,9,13,15,17H,5,8,10H2,1-4H3. The highest BCUT2D eigenvalue weighted by atomic mass is 35.5. The Balaban J connectivity index is 2.90. The molecule has 1 aromatic rings. The van der Waals surface area contributed by atoms with Crippen LogP contribution in [0.15, 0.2) is 18.2 Å². The lowest BCUT2D eigenvalue weighted by molar-refractivity contribution is -0.122. The van der Waals surface area contributed by atoms with E-state index in [2.05, 4.69) is 12.2 Å². The molecule has 0 spiro atoms. The first-order valence-electron chi connectivity index (χ1n) is 6.77. The van der Waals surface area contributed by atoms with Crippen molar-refractivity contribution in [2.45, 2.75) is 32.1 Å². The van der Waals surface area contributed by atoms with E-state index < -0.39 is 0 Å². The predicted molar refractivity (Wildman–Crippen MR) is 81.6 cm³/mol. The van der Waals surface area contributed by atoms with E-state index in [0.29, 0.717) is 5.02 Å². The third-order valence-corrected chi connectivity index (χ3v) is 3.37. The lowest BCUT2D eigenvalue weighted by Gasteiger charge is -2.26. The van der Waals surface area contributed by atoms with Gasteiger partial charge in [0.25, 0.3) is 0 Å². The normalized spacial score (nSPS) is 12.7. The minimum absolute atomic E-state index is 0.0392. The van der Waals surface area contributed by atoms with E-state index in [4.69, 9.17) is 25.8 Å². The molecule has 0 saturated heterocycles. The number of nitrogens with one attached hydrogen (secondary N) is 1. The largest absolute Gasteiger partial charge is 0.496 e. The fourth-order valence-corrected chi connectivity index (χ4v) is 2.36. The molecule has 0 fully saturated rings. The molecule has 20 heavy (non-hydrogen) atoms. The van der Waals surface area contributed by atoms with Crippen molar-refractivity contribution in [3.63, 3.8) is 0 Å². The Kier molecular flexibility index (Phi) is 7.92. The van der Waals surface area contributed by atoms with Crippen molar-refractivity contribution < 1.29 is 14.2 Å². The van der Waals surface area contributed by atoms with Crippen molar-refractivity contribution in [2.75, 3.05) is 27.9 Å². The second-order valence-corrected chi connectivity index (χ2v) is 5.00. The summed E-state index contributed by atoms with van der Waals surface area (Å²) in [5, 5.41) is 4.14. The van der Waals surface area contributed by atoms with E-state index in [1.807, 2.05) is 18.2 Å². The number of hydrogen-bond donors (Lipinski definition) is 1. The van der Waals surface area contributed by atoms with Gasteiger partial charge in [-0.3, -0.25) is 0 Å². The first kappa shape index (κ1) is 17.2. The molecule has 1 N–H and O–H groups in total. The monoisotopic (exact) mass is 301 g/mol. The van der Waals surface area contributed by atoms with Crippen molar-refractivity contribution in [1.82, 2.24) is 5.32 Å². The summed E-state index contributed by atoms with van der Waals surface area (Å²) >= 11 is 6.07. The minimum Gasteiger partial charge on any atom is -0.496 e. The Bertz CT molecular complexity index is 397. The second-order valence-electron chi connectivity index (χ2n) is 4.56. The highest BCUT2D eigenvalue weighted by Gasteiger charge is 2.22. The number of benzene rings is 1. The van der Waals surface area contributed by atoms with Crippen molar-refractivity contribution in [2.24, 2.45) is 0 Å². The van der Waals surface area contributed by atoms with Gasteiger partial charge in [-0.05, 0) is 43.1 Å². The molecule has 0 aromatic heterocycles. The average molecular weight is 302 g/mol. The van der Waals surface area contributed by atoms with Gasteiger partial charge in [0.1, 0.15) is 5.75 Å². The summed E-state index contributed by atoms with van der Waals surface area (Å²) in [5.74, 6) is 0.823. The molecule has 0 bridgehead atoms. The Labute approximate surface area is 126 Å². The molecule has 0 heterocycles. The molecular weight excluding hydrogens is 278 g/mol. The van der Waals surface area contributed by atoms with Gasteiger partial charge in [0, 0.05) is 19.2 Å². The smallest absolute Gasteiger partial charge is 0.172 e. The van der Waals surface area contributed by atoms with Gasteiger partial charge in [0.15, 0.2) is 6.29 Å². The van der Waals surface area contributed by atoms with Crippen LogP contribution in [0.4, 0.5) is 0 Å². The summed E-state index contributed by atoms with van der Waals surface area (Å²) in [6.45, 7) is 3.02. The SMILES string of the molecule is CCCNC(Cc1cc(Cl)ccc1OC)C(OC)OC. The molecular formula is C15H24ClNO3. The van der Waals surface area contributed by atoms with Gasteiger partial charge in [0.05, 0.1) is 13.2 Å². The van der Waals surface area contributed by atoms with E-state index in [1.165, 1.54) is 0 Å². The van der Waals surface area contributed by atoms with Crippen LogP contribution < -0.4 is 10.1 Å². The summed E-state index contributed by atoms with van der Waals surface area (Å²) in [5.41, 5.74) is 1.03. The number of halogens is 1. The quantitative estimate of drug-likeness (QED) is 0.712. The molecule has 1 rings (SSSR count). The molecule has 0 aliphatic rings. The summed E-state index contributed by atoms with van der Waals surface area (Å²) in [4.78, 5) is 0. The lowest BCUT2D eigenvalue weighted by atomic mass is 10.0. The maximum atomic E-state index is 6.07. The van der Waals surface area contributed by atoms with Gasteiger partial charge in [-0.25, -0.2) is 0 Å². The fourth-order valence-electron chi connectivity index (χ4n) is 2.16. The van der Waals surface area contributed by atoms with Gasteiger partial charge in [-0.2, -0.15) is 0 Å². The average Bonchev–Trinajstić information content (AvgIpc) is 2.46. The Morgan fingerprint density at radius 2 is 1.90 bits per heavy atom. The van der Waals surface area contributed by atoms with Crippen molar-refractivity contribution in [1.29, 1.82) is 0 Å². The molecule has 0 radical (unpaired) electrons. The number of rotatable bonds is 9. The van der Waals surface area contributed by atoms with Gasteiger partial charge >= 0.3 is 0 Å². The predicted octanol–water partition coefficient (Wildman–Crippen LogP) is 2.88. The van der Waals surface area contributed by atoms with Crippen LogP contribution in [0.5, 0.6) is 5.75 Å². The molecule has 0 amide bonds. The van der Waals surface area contributed by atoms with Crippen LogP contribution in [0, 0.1) is 0 Å². The molecule has 1 atom stereocenters. The molecule has 0 aliphatic heterocycles. The molecule has 0 aliphatic carbocycles. The van der Waals surface area contributed by atoms with E-state index in [-0.39, 0.29) is 12.3 Å². The van der Waals surface area contributed by atoms with E-state index in [1.54, 1.807) is 21.3 Å². The first-order valence-corrected chi connectivity index (χ1v) is 7.15. The van der Waals surface area contributed by atoms with Gasteiger partial charge < -0.3 is 19.5 Å². The van der Waals surface area contributed by atoms with Crippen LogP contribution in [0.3, 0.4) is 0 Å². The zero-order valence-corrected chi connectivity index (χ0v) is 13.4. The van der Waals surface area contributed by atoms with Crippen LogP contribution in [0.2, 0.25) is 5.02 Å². The van der Waals surface area contributed by atoms with Crippen LogP contribution in [0.1, 0.15) is 18.9 Å². The summed E-state index contributed by atoms with van der Waals surface area (Å²) in [6, 6.07) is 5.66. The minimum atomic E-state index is -0.315. The highest BCUT2D eigenvalue weighted by Crippen LogP contribution is 2.24. The third kappa shape index (κ3) is 4.94. The Morgan fingerprint density at radius 1 is 1.20 bits per heavy atom. The van der Waals surface area contributed by atoms with Crippen molar-refractivity contribution in [3.8, 4) is 5.75 Å². The van der Waals surface area contributed by atoms with Crippen LogP contribution in [-0.4, -0.2) is 40.2 Å². The Hall–Kier alpha value is -0.810. The number of methoxy groups -OCH3 is 3. The van der Waals surface area contributed by atoms with E-state index >= 15 is 0 Å². The molecule has 114 valence electrons. The fraction of sp³-hybridized carbons (Fsp3) is 0.600. The molecule has 1 unspecified atom stereocenters. The summed E-state index contributed by atoms with van der Waals surface area (Å²) in [7, 11) is 4.94. The van der Waals surface area contributed by atoms with Crippen molar-refractivity contribution in [3.05, 3.63) is 28.8 Å². The second kappa shape index (κ2) is 9.19. The first-order chi connectivity index (χ1) is 9.65. The molecule has 4 nitrogen and oxygen atoms in total. The van der Waals surface area contributed by atoms with Gasteiger partial charge in [-0.1, -0.05) is 18.5 Å². The number of hydrogen-bond acceptors (Lipinski definition) is 4. The van der Waals surface area contributed by atoms with Gasteiger partial charge in [0.2, 0.25) is 0 Å². The van der Waals surface area contributed by atoms with Crippen LogP contribution in [-0.2, 0) is 15.9 Å².